The van der Waals surface area contributed by atoms with E-state index in [1.54, 1.807) is 0 Å². The second-order valence-corrected chi connectivity index (χ2v) is 26.3. The van der Waals surface area contributed by atoms with Crippen LogP contribution in [-0.2, 0) is 0 Å². The molecule has 0 fully saturated rings. The van der Waals surface area contributed by atoms with Crippen LogP contribution in [0, 0.1) is 0 Å². The summed E-state index contributed by atoms with van der Waals surface area (Å²) in [5, 5.41) is -13.5. The quantitative estimate of drug-likeness (QED) is 0.156. The van der Waals surface area contributed by atoms with Crippen LogP contribution in [0.4, 0.5) is 0 Å². The molecule has 0 bridgehead atoms. The van der Waals surface area contributed by atoms with E-state index in [2.05, 4.69) is 0 Å². The first-order chi connectivity index (χ1) is 86.9. The molecule has 26 rings (SSSR count). The van der Waals surface area contributed by atoms with Gasteiger partial charge < -0.3 is 13.3 Å². The minimum atomic E-state index is -0.919. The number of benzene rings is 23. The maximum absolute atomic E-state index is 9.45. The first kappa shape index (κ1) is 28.9. The SMILES string of the molecule is [2H]c1cc2oc3c4c([2H])c([2H])c([2H])c([2H])c4c([2H])c([2H])c3c2c(-c2c3c([2H])c([2H])c([2H])c([2H])c3c(-c3c([2H])c([2H])c([2H])c([2H])c3[2H])c3c([2H])c([2H])c([2H])c([2H])c23)c1[2H].[2H]c1cc2oc3c4c([2H])c([2H])c([2H])c([2H])c4c([2H])c([2H])c3c2c(-c2c3c([2H])c([2H])c([2H])c([2H])c3c(-c3c([2H])c([2H])c([2H])c4c([2H])c([2H])c([2H])c([2H])c34)c3c([2H])c([2H])c([2H])c([2H])c23)c1[2H].[2H]c1cc2oc3c4c([2H])c([2H])c([2H])c([2H])c4c([2H])c([2H])c3c2c(-c2c3c([2H])c([2H])c([2H])c([2H])c3c(-c3c([2H])c([2H])c4c([2H])c([2H])c([2H])c([2H])c4c3[2H])c3c([2H])c([2H])c([2H])c([2H])c23)c1[2H]. The monoisotopic (exact) mass is 1580 g/mol. The predicted molar refractivity (Wildman–Crippen MR) is 506 cm³/mol. The highest BCUT2D eigenvalue weighted by Crippen LogP contribution is 2.53. The lowest BCUT2D eigenvalue weighted by Crippen LogP contribution is -1.92. The lowest BCUT2D eigenvalue weighted by atomic mass is 9.84. The van der Waals surface area contributed by atoms with Gasteiger partial charge in [-0.3, -0.25) is 0 Å². The van der Waals surface area contributed by atoms with Crippen molar-refractivity contribution >= 4 is 184 Å². The maximum atomic E-state index is 9.45. The fourth-order valence-corrected chi connectivity index (χ4v) is 15.3. The van der Waals surface area contributed by atoms with Crippen molar-refractivity contribution in [3.8, 4) is 66.8 Å². The number of hydrogen-bond acceptors (Lipinski definition) is 3. The van der Waals surface area contributed by atoms with Crippen molar-refractivity contribution in [3.05, 3.63) is 423 Å². The molecule has 0 atom stereocenters. The van der Waals surface area contributed by atoms with E-state index in [9.17, 15) is 27.4 Å². The number of rotatable bonds is 6. The summed E-state index contributed by atoms with van der Waals surface area (Å²) < 4.78 is 613. The topological polar surface area (TPSA) is 39.4 Å². The molecular formula is C116H70O3. The van der Waals surface area contributed by atoms with Crippen LogP contribution in [0.5, 0.6) is 0 Å². The molecule has 0 unspecified atom stereocenters. The number of furan rings is 3. The van der Waals surface area contributed by atoms with E-state index < -0.39 is 574 Å². The maximum Gasteiger partial charge on any atom is 0.143 e. The summed E-state index contributed by atoms with van der Waals surface area (Å²) >= 11 is 0. The Kier molecular flexibility index (Phi) is 6.70. The van der Waals surface area contributed by atoms with E-state index in [0.29, 0.717) is 0 Å². The van der Waals surface area contributed by atoms with Crippen molar-refractivity contribution in [3.63, 3.8) is 0 Å². The van der Waals surface area contributed by atoms with E-state index in [1.807, 2.05) is 0 Å². The van der Waals surface area contributed by atoms with Crippen molar-refractivity contribution in [2.24, 2.45) is 0 Å². The van der Waals surface area contributed by atoms with Crippen LogP contribution in [-0.4, -0.2) is 0 Å². The Morgan fingerprint density at radius 3 is 0.765 bits per heavy atom. The van der Waals surface area contributed by atoms with Crippen LogP contribution in [0.1, 0.15) is 91.8 Å². The molecule has 0 aliphatic rings. The van der Waals surface area contributed by atoms with Gasteiger partial charge in [0, 0.05) is 48.5 Å². The molecule has 0 spiro atoms. The van der Waals surface area contributed by atoms with Gasteiger partial charge >= 0.3 is 0 Å². The van der Waals surface area contributed by atoms with Crippen LogP contribution in [0.25, 0.3) is 251 Å². The van der Waals surface area contributed by atoms with Crippen LogP contribution in [0.3, 0.4) is 0 Å². The summed E-state index contributed by atoms with van der Waals surface area (Å²) in [6, 6.07) is -50.6. The van der Waals surface area contributed by atoms with Crippen molar-refractivity contribution in [2.45, 2.75) is 0 Å². The summed E-state index contributed by atoms with van der Waals surface area (Å²) in [6.45, 7) is 0. The zero-order valence-corrected chi connectivity index (χ0v) is 59.5. The Balaban J connectivity index is 0.000000141. The molecule has 3 heteroatoms. The highest BCUT2D eigenvalue weighted by Gasteiger charge is 2.26. The van der Waals surface area contributed by atoms with Gasteiger partial charge in [0.05, 0.1) is 91.8 Å². The first-order valence-corrected chi connectivity index (χ1v) is 35.5. The Morgan fingerprint density at radius 2 is 0.403 bits per heavy atom. The molecule has 3 heterocycles. The minimum Gasteiger partial charge on any atom is -0.455 e. The molecule has 119 heavy (non-hydrogen) atoms. The molecule has 0 amide bonds. The Morgan fingerprint density at radius 1 is 0.151 bits per heavy atom. The van der Waals surface area contributed by atoms with Gasteiger partial charge in [0.25, 0.3) is 0 Å². The second-order valence-electron chi connectivity index (χ2n) is 26.3. The van der Waals surface area contributed by atoms with Crippen molar-refractivity contribution in [2.75, 3.05) is 0 Å². The molecule has 26 aromatic rings. The third kappa shape index (κ3) is 10.8. The summed E-state index contributed by atoms with van der Waals surface area (Å²) in [4.78, 5) is 0. The summed E-state index contributed by atoms with van der Waals surface area (Å²) in [5.41, 5.74) is -9.02. The van der Waals surface area contributed by atoms with E-state index >= 15 is 0 Å². The average Bonchev–Trinajstić information content (AvgIpc) is 1.34. The van der Waals surface area contributed by atoms with Gasteiger partial charge in [-0.1, -0.05) is 381 Å². The Bertz CT molecular complexity index is 12800. The van der Waals surface area contributed by atoms with Gasteiger partial charge in [0.15, 0.2) is 0 Å². The minimum absolute atomic E-state index is 0.276. The normalized spacial score (nSPS) is 19.7. The van der Waals surface area contributed by atoms with Crippen LogP contribution >= 0.6 is 0 Å². The predicted octanol–water partition coefficient (Wildman–Crippen LogP) is 33.4. The molecule has 0 aliphatic carbocycles. The van der Waals surface area contributed by atoms with E-state index in [-0.39, 0.29) is 81.8 Å². The van der Waals surface area contributed by atoms with Crippen LogP contribution in [0.15, 0.2) is 436 Å². The molecule has 552 valence electrons. The van der Waals surface area contributed by atoms with Crippen molar-refractivity contribution < 1.29 is 105 Å². The summed E-state index contributed by atoms with van der Waals surface area (Å²) in [7, 11) is 0. The van der Waals surface area contributed by atoms with Gasteiger partial charge in [0.2, 0.25) is 0 Å². The van der Waals surface area contributed by atoms with Crippen LogP contribution in [0.2, 0.25) is 0 Å². The van der Waals surface area contributed by atoms with E-state index in [0.717, 1.165) is 18.2 Å². The lowest BCUT2D eigenvalue weighted by molar-refractivity contribution is 0.672. The van der Waals surface area contributed by atoms with Crippen molar-refractivity contribution in [1.82, 2.24) is 0 Å². The standard InChI is InChI=1S/2C40H24O.C36H22O/c1-3-14-27-25(11-1)13-9-20-29(27)37-30-16-5-7-18-32(30)38(33-19-8-6-17-31(33)37)34-21-10-22-36-39(34)35-24-23-26-12-2-4-15-28(26)40(35)41-36;1-2-12-27-24-28(21-20-25(27)10-1)37-30-14-5-7-16-32(30)38(33-17-8-6-15-31(33)37)34-18-9-19-36-39(34)35-23-22-26-11-3-4-13-29(26)40(35)41-36;1-2-12-24(13-3-1)33-26-15-6-8-17-28(26)34(29-18-9-7-16-27(29)33)30-19-10-20-32-35(30)31-22-21-23-11-4-5-14-25(23)36(31)37-32/h2*1-24H;1-22H/i1D,2D,3D,4D,5D,6D,7D,8D,9D,10D,11D,12D,13D,14D,15D,16D,17D,18D,19D,20D,21D,23D,24D;1D,2D,3D,4D,5D,6D,7D,8D,9D,10D,11D,12D,13D,14D,15D,16D,17D,18D,20D,21D,22D,23D,24D;1D,2D,3D,4D,5D,6D,7D,8D,9D,10D,11D,12D,13D,14D,15D,16D,17D,18D,19D,21D,22D. The third-order valence-electron chi connectivity index (χ3n) is 20.1. The molecule has 0 N–H and O–H groups in total. The average molecular weight is 1580 g/mol. The largest absolute Gasteiger partial charge is 0.455 e. The Labute approximate surface area is 778 Å². The molecule has 23 aromatic carbocycles. The van der Waals surface area contributed by atoms with E-state index in [4.69, 9.17) is 77.7 Å². The highest BCUT2D eigenvalue weighted by molar-refractivity contribution is 6.32. The summed E-state index contributed by atoms with van der Waals surface area (Å²) in [5.74, 6) is 0. The van der Waals surface area contributed by atoms with Gasteiger partial charge in [-0.2, -0.15) is 0 Å². The fourth-order valence-electron chi connectivity index (χ4n) is 15.3. The van der Waals surface area contributed by atoms with Gasteiger partial charge in [0.1, 0.15) is 33.5 Å². The number of hydrogen-bond donors (Lipinski definition) is 0. The van der Waals surface area contributed by atoms with Gasteiger partial charge in [-0.05, 0) is 211 Å². The smallest absolute Gasteiger partial charge is 0.143 e. The lowest BCUT2D eigenvalue weighted by Gasteiger charge is -2.19. The summed E-state index contributed by atoms with van der Waals surface area (Å²) in [6.07, 6.45) is 0. The molecule has 0 saturated heterocycles. The molecule has 3 aromatic heterocycles. The Hall–Kier alpha value is -15.7. The third-order valence-corrected chi connectivity index (χ3v) is 20.1. The van der Waals surface area contributed by atoms with Gasteiger partial charge in [-0.25, -0.2) is 0 Å². The van der Waals surface area contributed by atoms with Gasteiger partial charge in [-0.15, -0.1) is 0 Å². The molecule has 0 saturated carbocycles. The molecule has 0 radical (unpaired) electrons. The molecule has 0 aliphatic heterocycles. The zero-order chi connectivity index (χ0) is 136. The molecule has 3 nitrogen and oxygen atoms in total. The highest BCUT2D eigenvalue weighted by atomic mass is 16.3. The van der Waals surface area contributed by atoms with Crippen LogP contribution < -0.4 is 0 Å². The molecular weight excluding hydrogens is 1440 g/mol. The van der Waals surface area contributed by atoms with Crippen molar-refractivity contribution in [1.29, 1.82) is 0 Å². The first-order valence-electron chi connectivity index (χ1n) is 69.0. The fraction of sp³-hybridized carbons (Fsp3) is 0. The second kappa shape index (κ2) is 27.5. The zero-order valence-electron chi connectivity index (χ0n) is 126. The van der Waals surface area contributed by atoms with E-state index in [1.165, 1.54) is 0 Å². The number of fused-ring (bicyclic) bond motifs is 23.